The summed E-state index contributed by atoms with van der Waals surface area (Å²) >= 11 is 1.98. The molecule has 0 spiro atoms. The third kappa shape index (κ3) is 4.47. The van der Waals surface area contributed by atoms with Gasteiger partial charge in [0.15, 0.2) is 5.96 Å². The monoisotopic (exact) mass is 241 g/mol. The summed E-state index contributed by atoms with van der Waals surface area (Å²) in [5.74, 6) is 3.02. The van der Waals surface area contributed by atoms with E-state index in [4.69, 9.17) is 5.73 Å². The smallest absolute Gasteiger partial charge is 0.191 e. The van der Waals surface area contributed by atoms with E-state index in [0.717, 1.165) is 37.6 Å². The lowest BCUT2D eigenvalue weighted by Gasteiger charge is -2.28. The van der Waals surface area contributed by atoms with Crippen LogP contribution in [0.15, 0.2) is 17.6 Å². The van der Waals surface area contributed by atoms with E-state index < -0.39 is 0 Å². The average molecular weight is 241 g/mol. The van der Waals surface area contributed by atoms with Gasteiger partial charge in [0.05, 0.1) is 0 Å². The number of hydrogen-bond donors (Lipinski definition) is 1. The Labute approximate surface area is 103 Å². The molecule has 1 heterocycles. The van der Waals surface area contributed by atoms with Gasteiger partial charge in [-0.2, -0.15) is 11.8 Å². The second kappa shape index (κ2) is 6.18. The molecule has 0 aromatic carbocycles. The lowest BCUT2D eigenvalue weighted by atomic mass is 9.90. The molecule has 4 heteroatoms. The Morgan fingerprint density at radius 2 is 2.12 bits per heavy atom. The third-order valence-electron chi connectivity index (χ3n) is 2.70. The molecule has 92 valence electrons. The van der Waals surface area contributed by atoms with Crippen LogP contribution in [0.5, 0.6) is 0 Å². The molecule has 16 heavy (non-hydrogen) atoms. The maximum atomic E-state index is 5.99. The van der Waals surface area contributed by atoms with Crippen LogP contribution in [-0.4, -0.2) is 42.0 Å². The first-order chi connectivity index (χ1) is 7.55. The Morgan fingerprint density at radius 1 is 1.50 bits per heavy atom. The Balaban J connectivity index is 2.45. The molecule has 0 saturated carbocycles. The summed E-state index contributed by atoms with van der Waals surface area (Å²) in [4.78, 5) is 6.68. The van der Waals surface area contributed by atoms with Gasteiger partial charge in [-0.3, -0.25) is 4.99 Å². The van der Waals surface area contributed by atoms with E-state index in [1.54, 1.807) is 0 Å². The molecule has 0 bridgehead atoms. The Bertz CT molecular complexity index is 255. The summed E-state index contributed by atoms with van der Waals surface area (Å²) in [7, 11) is 0. The highest BCUT2D eigenvalue weighted by molar-refractivity contribution is 7.99. The highest BCUT2D eigenvalue weighted by Crippen LogP contribution is 2.21. The van der Waals surface area contributed by atoms with Crippen LogP contribution in [0.3, 0.4) is 0 Å². The standard InChI is InChI=1S/C12H23N3S/c1-4-5-12(2,3)10-14-11(13)15-6-8-16-9-7-15/h4H,1,5-10H2,2-3H3,(H2,13,14). The molecular weight excluding hydrogens is 218 g/mol. The van der Waals surface area contributed by atoms with E-state index in [-0.39, 0.29) is 5.41 Å². The van der Waals surface area contributed by atoms with Crippen molar-refractivity contribution in [2.45, 2.75) is 20.3 Å². The fourth-order valence-electron chi connectivity index (χ4n) is 1.64. The van der Waals surface area contributed by atoms with Crippen LogP contribution in [0.4, 0.5) is 0 Å². The predicted molar refractivity (Wildman–Crippen MR) is 74.0 cm³/mol. The van der Waals surface area contributed by atoms with Gasteiger partial charge < -0.3 is 10.6 Å². The summed E-state index contributed by atoms with van der Waals surface area (Å²) < 4.78 is 0. The molecule has 0 aliphatic carbocycles. The first-order valence-electron chi connectivity index (χ1n) is 5.79. The minimum atomic E-state index is 0.164. The van der Waals surface area contributed by atoms with Crippen LogP contribution in [0.1, 0.15) is 20.3 Å². The highest BCUT2D eigenvalue weighted by Gasteiger charge is 2.17. The van der Waals surface area contributed by atoms with Gasteiger partial charge in [-0.1, -0.05) is 19.9 Å². The van der Waals surface area contributed by atoms with Crippen LogP contribution in [0.2, 0.25) is 0 Å². The third-order valence-corrected chi connectivity index (χ3v) is 3.64. The average Bonchev–Trinajstić information content (AvgIpc) is 2.27. The summed E-state index contributed by atoms with van der Waals surface area (Å²) in [6.07, 6.45) is 2.92. The zero-order valence-corrected chi connectivity index (χ0v) is 11.2. The van der Waals surface area contributed by atoms with Crippen LogP contribution in [-0.2, 0) is 0 Å². The molecule has 0 aromatic rings. The van der Waals surface area contributed by atoms with E-state index >= 15 is 0 Å². The van der Waals surface area contributed by atoms with Gasteiger partial charge in [-0.05, 0) is 11.8 Å². The van der Waals surface area contributed by atoms with Crippen LogP contribution >= 0.6 is 11.8 Å². The predicted octanol–water partition coefficient (Wildman–Crippen LogP) is 1.95. The lowest BCUT2D eigenvalue weighted by molar-refractivity contribution is 0.379. The SMILES string of the molecule is C=CCC(C)(C)CN=C(N)N1CCSCC1. The van der Waals surface area contributed by atoms with Crippen molar-refractivity contribution in [1.29, 1.82) is 0 Å². The number of guanidine groups is 1. The minimum Gasteiger partial charge on any atom is -0.370 e. The zero-order valence-electron chi connectivity index (χ0n) is 10.4. The number of hydrogen-bond acceptors (Lipinski definition) is 2. The number of nitrogens with zero attached hydrogens (tertiary/aromatic N) is 2. The minimum absolute atomic E-state index is 0.164. The summed E-state index contributed by atoms with van der Waals surface area (Å²) in [5, 5.41) is 0. The van der Waals surface area contributed by atoms with Gasteiger partial charge in [0.25, 0.3) is 0 Å². The summed E-state index contributed by atoms with van der Waals surface area (Å²) in [6.45, 7) is 11.0. The Kier molecular flexibility index (Phi) is 5.19. The molecule has 0 radical (unpaired) electrons. The normalized spacial score (nSPS) is 18.6. The van der Waals surface area contributed by atoms with Gasteiger partial charge >= 0.3 is 0 Å². The molecule has 1 aliphatic heterocycles. The number of nitrogens with two attached hydrogens (primary N) is 1. The second-order valence-electron chi connectivity index (χ2n) is 4.93. The van der Waals surface area contributed by atoms with Crippen molar-refractivity contribution < 1.29 is 0 Å². The Morgan fingerprint density at radius 3 is 2.69 bits per heavy atom. The number of thioether (sulfide) groups is 1. The lowest BCUT2D eigenvalue weighted by Crippen LogP contribution is -2.43. The van der Waals surface area contributed by atoms with Gasteiger partial charge in [-0.15, -0.1) is 6.58 Å². The first kappa shape index (κ1) is 13.4. The van der Waals surface area contributed by atoms with Gasteiger partial charge in [0.2, 0.25) is 0 Å². The fraction of sp³-hybridized carbons (Fsp3) is 0.750. The van der Waals surface area contributed by atoms with Gasteiger partial charge in [0.1, 0.15) is 0 Å². The molecule has 1 aliphatic rings. The molecule has 0 atom stereocenters. The van der Waals surface area contributed by atoms with Crippen LogP contribution < -0.4 is 5.73 Å². The molecule has 3 nitrogen and oxygen atoms in total. The largest absolute Gasteiger partial charge is 0.370 e. The highest BCUT2D eigenvalue weighted by atomic mass is 32.2. The molecule has 1 rings (SSSR count). The Hall–Kier alpha value is -0.640. The van der Waals surface area contributed by atoms with Crippen LogP contribution in [0, 0.1) is 5.41 Å². The van der Waals surface area contributed by atoms with Crippen molar-refractivity contribution in [2.24, 2.45) is 16.1 Å². The van der Waals surface area contributed by atoms with Gasteiger partial charge in [0, 0.05) is 31.1 Å². The fourth-order valence-corrected chi connectivity index (χ4v) is 2.55. The zero-order chi connectivity index (χ0) is 12.0. The van der Waals surface area contributed by atoms with Crippen molar-refractivity contribution in [1.82, 2.24) is 4.90 Å². The van der Waals surface area contributed by atoms with Crippen molar-refractivity contribution in [3.8, 4) is 0 Å². The van der Waals surface area contributed by atoms with Crippen LogP contribution in [0.25, 0.3) is 0 Å². The molecule has 0 amide bonds. The summed E-state index contributed by atoms with van der Waals surface area (Å²) in [6, 6.07) is 0. The number of rotatable bonds is 4. The van der Waals surface area contributed by atoms with E-state index in [1.807, 2.05) is 17.8 Å². The molecule has 0 aromatic heterocycles. The molecule has 2 N–H and O–H groups in total. The maximum Gasteiger partial charge on any atom is 0.191 e. The van der Waals surface area contributed by atoms with E-state index in [1.165, 1.54) is 0 Å². The van der Waals surface area contributed by atoms with E-state index in [2.05, 4.69) is 30.3 Å². The van der Waals surface area contributed by atoms with Gasteiger partial charge in [-0.25, -0.2) is 0 Å². The van der Waals surface area contributed by atoms with Crippen molar-refractivity contribution in [3.63, 3.8) is 0 Å². The first-order valence-corrected chi connectivity index (χ1v) is 6.94. The maximum absolute atomic E-state index is 5.99. The van der Waals surface area contributed by atoms with E-state index in [9.17, 15) is 0 Å². The molecule has 0 unspecified atom stereocenters. The van der Waals surface area contributed by atoms with Crippen molar-refractivity contribution in [2.75, 3.05) is 31.1 Å². The number of aliphatic imine (C=N–C) groups is 1. The molecule has 1 saturated heterocycles. The molecular formula is C12H23N3S. The number of allylic oxidation sites excluding steroid dienone is 1. The van der Waals surface area contributed by atoms with Crippen molar-refractivity contribution >= 4 is 17.7 Å². The van der Waals surface area contributed by atoms with Crippen molar-refractivity contribution in [3.05, 3.63) is 12.7 Å². The summed E-state index contributed by atoms with van der Waals surface area (Å²) in [5.41, 5.74) is 6.16. The quantitative estimate of drug-likeness (QED) is 0.465. The molecule has 1 fully saturated rings. The van der Waals surface area contributed by atoms with E-state index in [0.29, 0.717) is 5.96 Å². The topological polar surface area (TPSA) is 41.6 Å². The second-order valence-corrected chi connectivity index (χ2v) is 6.16.